The molecular weight excluding hydrogens is 246 g/mol. The van der Waals surface area contributed by atoms with E-state index < -0.39 is 0 Å². The van der Waals surface area contributed by atoms with Crippen LogP contribution in [0.2, 0.25) is 0 Å². The molecule has 1 rings (SSSR count). The van der Waals surface area contributed by atoms with Gasteiger partial charge in [0, 0.05) is 24.7 Å². The lowest BCUT2D eigenvalue weighted by Gasteiger charge is -2.15. The molecule has 0 aromatic carbocycles. The molecule has 1 heterocycles. The van der Waals surface area contributed by atoms with E-state index in [9.17, 15) is 0 Å². The SMILES string of the molecule is CCC(CCCl)NCc1ccn(C(CC)CC)n1. The van der Waals surface area contributed by atoms with Crippen molar-refractivity contribution in [3.8, 4) is 0 Å². The minimum Gasteiger partial charge on any atom is -0.308 e. The molecule has 0 aliphatic rings. The zero-order valence-electron chi connectivity index (χ0n) is 11.8. The van der Waals surface area contributed by atoms with E-state index in [-0.39, 0.29) is 0 Å². The topological polar surface area (TPSA) is 29.9 Å². The number of nitrogens with one attached hydrogen (secondary N) is 1. The molecule has 104 valence electrons. The zero-order chi connectivity index (χ0) is 13.4. The number of hydrogen-bond acceptors (Lipinski definition) is 2. The van der Waals surface area contributed by atoms with Crippen LogP contribution >= 0.6 is 11.6 Å². The molecular formula is C14H26ClN3. The van der Waals surface area contributed by atoms with E-state index in [4.69, 9.17) is 11.6 Å². The van der Waals surface area contributed by atoms with E-state index in [1.165, 1.54) is 0 Å². The van der Waals surface area contributed by atoms with Crippen LogP contribution in [-0.4, -0.2) is 21.7 Å². The lowest BCUT2D eigenvalue weighted by atomic mass is 10.2. The predicted molar refractivity (Wildman–Crippen MR) is 78.1 cm³/mol. The second kappa shape index (κ2) is 8.54. The van der Waals surface area contributed by atoms with Gasteiger partial charge in [0.05, 0.1) is 11.7 Å². The van der Waals surface area contributed by atoms with E-state index in [0.717, 1.165) is 37.9 Å². The Morgan fingerprint density at radius 2 is 2.00 bits per heavy atom. The zero-order valence-corrected chi connectivity index (χ0v) is 12.6. The summed E-state index contributed by atoms with van der Waals surface area (Å²) in [6, 6.07) is 3.14. The number of nitrogens with zero attached hydrogens (tertiary/aromatic N) is 2. The average molecular weight is 272 g/mol. The average Bonchev–Trinajstić information content (AvgIpc) is 2.85. The Labute approximate surface area is 116 Å². The number of alkyl halides is 1. The molecule has 0 bridgehead atoms. The van der Waals surface area contributed by atoms with Gasteiger partial charge in [0.15, 0.2) is 0 Å². The van der Waals surface area contributed by atoms with Crippen molar-refractivity contribution in [2.24, 2.45) is 0 Å². The summed E-state index contributed by atoms with van der Waals surface area (Å²) in [5.41, 5.74) is 1.12. The summed E-state index contributed by atoms with van der Waals surface area (Å²) in [6.07, 6.45) is 6.49. The molecule has 1 N–H and O–H groups in total. The fourth-order valence-electron chi connectivity index (χ4n) is 2.17. The van der Waals surface area contributed by atoms with Gasteiger partial charge in [0.1, 0.15) is 0 Å². The maximum atomic E-state index is 5.78. The molecule has 0 saturated heterocycles. The van der Waals surface area contributed by atoms with E-state index in [2.05, 4.69) is 48.1 Å². The van der Waals surface area contributed by atoms with Crippen molar-refractivity contribution < 1.29 is 0 Å². The highest BCUT2D eigenvalue weighted by atomic mass is 35.5. The van der Waals surface area contributed by atoms with Crippen molar-refractivity contribution in [3.05, 3.63) is 18.0 Å². The molecule has 0 aliphatic carbocycles. The van der Waals surface area contributed by atoms with E-state index in [0.29, 0.717) is 18.0 Å². The highest BCUT2D eigenvalue weighted by Gasteiger charge is 2.09. The summed E-state index contributed by atoms with van der Waals surface area (Å²) < 4.78 is 2.10. The Morgan fingerprint density at radius 3 is 2.56 bits per heavy atom. The lowest BCUT2D eigenvalue weighted by Crippen LogP contribution is -2.28. The standard InChI is InChI=1S/C14H26ClN3/c1-4-12(7-9-15)16-11-13-8-10-18(17-13)14(5-2)6-3/h8,10,12,14,16H,4-7,9,11H2,1-3H3. The van der Waals surface area contributed by atoms with Crippen molar-refractivity contribution in [1.82, 2.24) is 15.1 Å². The van der Waals surface area contributed by atoms with Crippen LogP contribution in [0.3, 0.4) is 0 Å². The smallest absolute Gasteiger partial charge is 0.0762 e. The molecule has 1 aromatic heterocycles. The highest BCUT2D eigenvalue weighted by Crippen LogP contribution is 2.14. The van der Waals surface area contributed by atoms with Crippen molar-refractivity contribution in [2.45, 2.75) is 65.1 Å². The summed E-state index contributed by atoms with van der Waals surface area (Å²) in [7, 11) is 0. The largest absolute Gasteiger partial charge is 0.308 e. The molecule has 1 aromatic rings. The molecule has 0 spiro atoms. The van der Waals surface area contributed by atoms with E-state index >= 15 is 0 Å². The predicted octanol–water partition coefficient (Wildman–Crippen LogP) is 3.74. The minimum absolute atomic E-state index is 0.501. The van der Waals surface area contributed by atoms with Gasteiger partial charge < -0.3 is 5.32 Å². The second-order valence-corrected chi connectivity index (χ2v) is 5.10. The molecule has 0 amide bonds. The van der Waals surface area contributed by atoms with Crippen molar-refractivity contribution in [2.75, 3.05) is 5.88 Å². The number of rotatable bonds is 9. The van der Waals surface area contributed by atoms with Crippen LogP contribution < -0.4 is 5.32 Å². The second-order valence-electron chi connectivity index (χ2n) is 4.72. The number of hydrogen-bond donors (Lipinski definition) is 1. The summed E-state index contributed by atoms with van der Waals surface area (Å²) in [4.78, 5) is 0. The Kier molecular flexibility index (Phi) is 7.36. The maximum Gasteiger partial charge on any atom is 0.0762 e. The molecule has 3 nitrogen and oxygen atoms in total. The Morgan fingerprint density at radius 1 is 1.28 bits per heavy atom. The minimum atomic E-state index is 0.501. The summed E-state index contributed by atoms with van der Waals surface area (Å²) in [5.74, 6) is 0.716. The first-order chi connectivity index (χ1) is 8.74. The van der Waals surface area contributed by atoms with Crippen LogP contribution in [0.15, 0.2) is 12.3 Å². The van der Waals surface area contributed by atoms with Gasteiger partial charge in [0.2, 0.25) is 0 Å². The first-order valence-electron chi connectivity index (χ1n) is 7.08. The third kappa shape index (κ3) is 4.62. The molecule has 0 radical (unpaired) electrons. The van der Waals surface area contributed by atoms with Crippen LogP contribution in [0.4, 0.5) is 0 Å². The van der Waals surface area contributed by atoms with Gasteiger partial charge in [-0.05, 0) is 31.7 Å². The van der Waals surface area contributed by atoms with Crippen molar-refractivity contribution >= 4 is 11.6 Å². The maximum absolute atomic E-state index is 5.78. The number of halogens is 1. The number of aromatic nitrogens is 2. The summed E-state index contributed by atoms with van der Waals surface area (Å²) in [5, 5.41) is 8.15. The summed E-state index contributed by atoms with van der Waals surface area (Å²) >= 11 is 5.78. The molecule has 1 atom stereocenters. The third-order valence-corrected chi connectivity index (χ3v) is 3.72. The van der Waals surface area contributed by atoms with Crippen LogP contribution in [0.5, 0.6) is 0 Å². The fourth-order valence-corrected chi connectivity index (χ4v) is 2.43. The first-order valence-corrected chi connectivity index (χ1v) is 7.61. The van der Waals surface area contributed by atoms with E-state index in [1.807, 2.05) is 0 Å². The molecule has 0 fully saturated rings. The summed E-state index contributed by atoms with van der Waals surface area (Å²) in [6.45, 7) is 7.44. The molecule has 4 heteroatoms. The highest BCUT2D eigenvalue weighted by molar-refractivity contribution is 6.17. The van der Waals surface area contributed by atoms with Gasteiger partial charge in [-0.2, -0.15) is 5.10 Å². The molecule has 18 heavy (non-hydrogen) atoms. The van der Waals surface area contributed by atoms with Crippen LogP contribution in [-0.2, 0) is 6.54 Å². The van der Waals surface area contributed by atoms with Crippen molar-refractivity contribution in [3.63, 3.8) is 0 Å². The van der Waals surface area contributed by atoms with Gasteiger partial charge >= 0.3 is 0 Å². The monoisotopic (exact) mass is 271 g/mol. The van der Waals surface area contributed by atoms with Gasteiger partial charge in [-0.1, -0.05) is 20.8 Å². The van der Waals surface area contributed by atoms with Crippen molar-refractivity contribution in [1.29, 1.82) is 0 Å². The van der Waals surface area contributed by atoms with Crippen LogP contribution in [0, 0.1) is 0 Å². The van der Waals surface area contributed by atoms with Gasteiger partial charge in [-0.15, -0.1) is 11.6 Å². The first kappa shape index (κ1) is 15.5. The fraction of sp³-hybridized carbons (Fsp3) is 0.786. The van der Waals surface area contributed by atoms with Gasteiger partial charge in [0.25, 0.3) is 0 Å². The third-order valence-electron chi connectivity index (χ3n) is 3.50. The van der Waals surface area contributed by atoms with E-state index in [1.54, 1.807) is 0 Å². The van der Waals surface area contributed by atoms with Gasteiger partial charge in [-0.25, -0.2) is 0 Å². The van der Waals surface area contributed by atoms with Gasteiger partial charge in [-0.3, -0.25) is 4.68 Å². The normalized spacial score (nSPS) is 13.2. The lowest BCUT2D eigenvalue weighted by molar-refractivity contribution is 0.420. The Balaban J connectivity index is 2.48. The molecule has 0 aliphatic heterocycles. The van der Waals surface area contributed by atoms with Crippen LogP contribution in [0.1, 0.15) is 58.2 Å². The quantitative estimate of drug-likeness (QED) is 0.694. The molecule has 1 unspecified atom stereocenters. The Bertz CT molecular complexity index is 321. The Hall–Kier alpha value is -0.540. The van der Waals surface area contributed by atoms with Crippen LogP contribution in [0.25, 0.3) is 0 Å². The molecule has 0 saturated carbocycles.